The summed E-state index contributed by atoms with van der Waals surface area (Å²) in [6.07, 6.45) is -0.243. The van der Waals surface area contributed by atoms with Gasteiger partial charge < -0.3 is 10.2 Å². The molecule has 0 bridgehead atoms. The third kappa shape index (κ3) is 1.89. The Morgan fingerprint density at radius 3 is 2.00 bits per heavy atom. The van der Waals surface area contributed by atoms with E-state index in [9.17, 15) is 14.0 Å². The van der Waals surface area contributed by atoms with Crippen LogP contribution in [0.5, 0.6) is 0 Å². The predicted octanol–water partition coefficient (Wildman–Crippen LogP) is 0.00900. The van der Waals surface area contributed by atoms with E-state index in [4.69, 9.17) is 10.2 Å². The minimum absolute atomic E-state index is 0.243. The molecule has 0 saturated carbocycles. The molecular formula is C4H3FO4. The Labute approximate surface area is 49.2 Å². The maximum Gasteiger partial charge on any atom is 0.370 e. The number of halogens is 1. The molecule has 0 aliphatic heterocycles. The molecule has 0 heterocycles. The number of rotatable bonds is 2. The monoisotopic (exact) mass is 134 g/mol. The van der Waals surface area contributed by atoms with Gasteiger partial charge in [0.1, 0.15) is 0 Å². The molecule has 4 nitrogen and oxygen atoms in total. The van der Waals surface area contributed by atoms with Crippen LogP contribution in [0, 0.1) is 0 Å². The van der Waals surface area contributed by atoms with Gasteiger partial charge in [-0.25, -0.2) is 0 Å². The molecule has 0 aromatic carbocycles. The van der Waals surface area contributed by atoms with E-state index in [-0.39, 0.29) is 6.29 Å². The fourth-order valence-electron chi connectivity index (χ4n) is 0.157. The summed E-state index contributed by atoms with van der Waals surface area (Å²) in [6.45, 7) is 0. The van der Waals surface area contributed by atoms with E-state index in [2.05, 4.69) is 0 Å². The Hall–Kier alpha value is -1.39. The molecule has 2 N–H and O–H groups in total. The molecule has 0 aliphatic rings. The molecular weight excluding hydrogens is 131 g/mol. The van der Waals surface area contributed by atoms with Crippen LogP contribution >= 0.6 is 0 Å². The van der Waals surface area contributed by atoms with Gasteiger partial charge in [-0.2, -0.15) is 4.39 Å². The van der Waals surface area contributed by atoms with E-state index in [0.717, 1.165) is 0 Å². The van der Waals surface area contributed by atoms with Gasteiger partial charge in [-0.3, -0.25) is 9.59 Å². The Balaban J connectivity index is 4.47. The van der Waals surface area contributed by atoms with Gasteiger partial charge in [0.25, 0.3) is 0 Å². The minimum atomic E-state index is -2.24. The molecule has 0 aromatic heterocycles. The van der Waals surface area contributed by atoms with Crippen molar-refractivity contribution in [2.45, 2.75) is 0 Å². The van der Waals surface area contributed by atoms with Crippen molar-refractivity contribution in [1.29, 1.82) is 0 Å². The van der Waals surface area contributed by atoms with Crippen LogP contribution in [0.25, 0.3) is 0 Å². The molecule has 0 rings (SSSR count). The highest BCUT2D eigenvalue weighted by Crippen LogP contribution is 1.95. The fourth-order valence-corrected chi connectivity index (χ4v) is 0.157. The molecule has 0 fully saturated rings. The van der Waals surface area contributed by atoms with E-state index >= 15 is 0 Å². The first kappa shape index (κ1) is 7.61. The zero-order valence-corrected chi connectivity index (χ0v) is 4.17. The molecule has 5 heteroatoms. The minimum Gasteiger partial charge on any atom is -0.502 e. The number of allylic oxidation sites excluding steroid dienone is 2. The van der Waals surface area contributed by atoms with Crippen molar-refractivity contribution in [2.24, 2.45) is 0 Å². The predicted molar refractivity (Wildman–Crippen MR) is 24.5 cm³/mol. The van der Waals surface area contributed by atoms with Crippen LogP contribution in [0.3, 0.4) is 0 Å². The molecule has 0 atom stereocenters. The summed E-state index contributed by atoms with van der Waals surface area (Å²) in [7, 11) is 0. The summed E-state index contributed by atoms with van der Waals surface area (Å²) in [5.41, 5.74) is 0. The van der Waals surface area contributed by atoms with Crippen LogP contribution in [0.15, 0.2) is 11.5 Å². The van der Waals surface area contributed by atoms with Gasteiger partial charge >= 0.3 is 6.04 Å². The van der Waals surface area contributed by atoms with E-state index in [1.54, 1.807) is 0 Å². The SMILES string of the molecule is O=C/C(O)=C(\O)C(=O)F. The average Bonchev–Trinajstić information content (AvgIpc) is 1.84. The van der Waals surface area contributed by atoms with Gasteiger partial charge in [0.05, 0.1) is 0 Å². The average molecular weight is 134 g/mol. The smallest absolute Gasteiger partial charge is 0.370 e. The van der Waals surface area contributed by atoms with Gasteiger partial charge in [0.2, 0.25) is 11.5 Å². The van der Waals surface area contributed by atoms with Crippen LogP contribution in [0.4, 0.5) is 4.39 Å². The molecule has 0 aromatic rings. The highest BCUT2D eigenvalue weighted by Gasteiger charge is 2.10. The second-order valence-electron chi connectivity index (χ2n) is 1.13. The maximum absolute atomic E-state index is 11.3. The largest absolute Gasteiger partial charge is 0.502 e. The number of aliphatic hydroxyl groups is 2. The molecule has 0 saturated heterocycles. The number of hydrogen-bond donors (Lipinski definition) is 2. The second kappa shape index (κ2) is 2.81. The van der Waals surface area contributed by atoms with Gasteiger partial charge in [-0.15, -0.1) is 0 Å². The molecule has 9 heavy (non-hydrogen) atoms. The van der Waals surface area contributed by atoms with Crippen LogP contribution in [0.1, 0.15) is 0 Å². The number of carbonyl (C=O) groups is 2. The van der Waals surface area contributed by atoms with E-state index in [1.165, 1.54) is 0 Å². The first-order valence-corrected chi connectivity index (χ1v) is 1.86. The zero-order valence-electron chi connectivity index (χ0n) is 4.17. The van der Waals surface area contributed by atoms with E-state index in [1.807, 2.05) is 0 Å². The van der Waals surface area contributed by atoms with Crippen LogP contribution < -0.4 is 0 Å². The van der Waals surface area contributed by atoms with E-state index in [0.29, 0.717) is 0 Å². The van der Waals surface area contributed by atoms with Gasteiger partial charge in [-0.05, 0) is 0 Å². The normalized spacial score (nSPS) is 12.1. The quantitative estimate of drug-likeness (QED) is 0.241. The van der Waals surface area contributed by atoms with Crippen molar-refractivity contribution in [1.82, 2.24) is 0 Å². The molecule has 0 radical (unpaired) electrons. The second-order valence-corrected chi connectivity index (χ2v) is 1.13. The zero-order chi connectivity index (χ0) is 7.44. The Kier molecular flexibility index (Phi) is 2.37. The van der Waals surface area contributed by atoms with Crippen molar-refractivity contribution in [2.75, 3.05) is 0 Å². The van der Waals surface area contributed by atoms with Crippen molar-refractivity contribution in [3.63, 3.8) is 0 Å². The summed E-state index contributed by atoms with van der Waals surface area (Å²) < 4.78 is 11.3. The number of hydrogen-bond acceptors (Lipinski definition) is 4. The summed E-state index contributed by atoms with van der Waals surface area (Å²) in [4.78, 5) is 18.9. The first-order chi connectivity index (χ1) is 4.09. The Bertz CT molecular complexity index is 171. The van der Waals surface area contributed by atoms with Gasteiger partial charge in [0.15, 0.2) is 6.29 Å². The number of aliphatic hydroxyl groups excluding tert-OH is 2. The van der Waals surface area contributed by atoms with Crippen molar-refractivity contribution in [3.8, 4) is 0 Å². The Morgan fingerprint density at radius 2 is 1.89 bits per heavy atom. The van der Waals surface area contributed by atoms with Crippen LogP contribution in [0.2, 0.25) is 0 Å². The fraction of sp³-hybridized carbons (Fsp3) is 0. The topological polar surface area (TPSA) is 74.6 Å². The van der Waals surface area contributed by atoms with Gasteiger partial charge in [-0.1, -0.05) is 0 Å². The lowest BCUT2D eigenvalue weighted by atomic mass is 10.4. The third-order valence-corrected chi connectivity index (χ3v) is 0.540. The first-order valence-electron chi connectivity index (χ1n) is 1.86. The maximum atomic E-state index is 11.3. The van der Waals surface area contributed by atoms with Crippen molar-refractivity contribution in [3.05, 3.63) is 11.5 Å². The summed E-state index contributed by atoms with van der Waals surface area (Å²) in [5, 5.41) is 16.2. The van der Waals surface area contributed by atoms with Crippen LogP contribution in [-0.4, -0.2) is 22.5 Å². The molecule has 0 unspecified atom stereocenters. The van der Waals surface area contributed by atoms with Crippen molar-refractivity contribution < 1.29 is 24.2 Å². The van der Waals surface area contributed by atoms with Crippen molar-refractivity contribution >= 4 is 12.3 Å². The Morgan fingerprint density at radius 1 is 1.44 bits per heavy atom. The molecule has 0 aliphatic carbocycles. The summed E-state index contributed by atoms with van der Waals surface area (Å²) >= 11 is 0. The lowest BCUT2D eigenvalue weighted by Gasteiger charge is -1.87. The highest BCUT2D eigenvalue weighted by molar-refractivity contribution is 5.90. The lowest BCUT2D eigenvalue weighted by Crippen LogP contribution is -1.99. The van der Waals surface area contributed by atoms with E-state index < -0.39 is 17.6 Å². The molecule has 50 valence electrons. The molecule has 0 amide bonds. The summed E-state index contributed by atoms with van der Waals surface area (Å²) in [5.74, 6) is -2.87. The summed E-state index contributed by atoms with van der Waals surface area (Å²) in [6, 6.07) is -2.24. The number of carbonyl (C=O) groups excluding carboxylic acids is 2. The number of aldehydes is 1. The standard InChI is InChI=1S/C4H3FO4/c5-4(9)3(8)2(7)1-6/h1,7-8H/b3-2+. The highest BCUT2D eigenvalue weighted by atomic mass is 19.1. The van der Waals surface area contributed by atoms with Gasteiger partial charge in [0, 0.05) is 0 Å². The molecule has 0 spiro atoms. The third-order valence-electron chi connectivity index (χ3n) is 0.540. The lowest BCUT2D eigenvalue weighted by molar-refractivity contribution is -0.128. The van der Waals surface area contributed by atoms with Crippen LogP contribution in [-0.2, 0) is 9.59 Å².